The van der Waals surface area contributed by atoms with E-state index in [4.69, 9.17) is 5.11 Å². The topological polar surface area (TPSA) is 33.1 Å². The first kappa shape index (κ1) is 9.31. The number of aryl methyl sites for hydroxylation is 1. The average molecular weight is 250 g/mol. The van der Waals surface area contributed by atoms with Crippen molar-refractivity contribution in [2.75, 3.05) is 0 Å². The van der Waals surface area contributed by atoms with Crippen molar-refractivity contribution in [1.29, 1.82) is 0 Å². The maximum absolute atomic E-state index is 8.65. The van der Waals surface area contributed by atoms with Crippen LogP contribution in [0.5, 0.6) is 5.88 Å². The molecule has 0 fully saturated rings. The van der Waals surface area contributed by atoms with E-state index in [2.05, 4.69) is 4.98 Å². The molecule has 0 spiro atoms. The zero-order valence-electron chi connectivity index (χ0n) is 5.20. The van der Waals surface area contributed by atoms with E-state index < -0.39 is 0 Å². The molecule has 0 bridgehead atoms. The van der Waals surface area contributed by atoms with Gasteiger partial charge in [-0.3, -0.25) is 0 Å². The summed E-state index contributed by atoms with van der Waals surface area (Å²) in [5, 5.41) is 8.65. The molecule has 0 atom stereocenters. The second-order valence-corrected chi connectivity index (χ2v) is 1.69. The molecule has 0 aliphatic carbocycles. The molecule has 1 aromatic heterocycles. The largest absolute Gasteiger partial charge is 0.493 e. The molecule has 1 aromatic rings. The summed E-state index contributed by atoms with van der Waals surface area (Å²) in [4.78, 5) is 3.63. The van der Waals surface area contributed by atoms with Crippen molar-refractivity contribution in [3.8, 4) is 5.88 Å². The molecule has 0 aliphatic heterocycles. The molecule has 45 valence electrons. The monoisotopic (exact) mass is 250 g/mol. The quantitative estimate of drug-likeness (QED) is 0.747. The standard InChI is InChI=1S/C6H7NO.Pr/c1-5-2-3-6(8)7-4-5;/h2-4H,1H3,(H,7,8);. The fraction of sp³-hybridized carbons (Fsp3) is 0.167. The van der Waals surface area contributed by atoms with Crippen molar-refractivity contribution in [3.05, 3.63) is 23.9 Å². The molecule has 1 heterocycles. The molecule has 0 saturated heterocycles. The minimum atomic E-state index is 0. The van der Waals surface area contributed by atoms with Gasteiger partial charge in [-0.25, -0.2) is 4.98 Å². The Bertz CT molecular complexity index is 152. The third-order valence-electron chi connectivity index (χ3n) is 0.896. The van der Waals surface area contributed by atoms with Crippen molar-refractivity contribution in [2.24, 2.45) is 0 Å². The SMILES string of the molecule is Cc1ccc(O)nc1.[Pr]. The molecular weight excluding hydrogens is 243 g/mol. The molecule has 1 N–H and O–H groups in total. The average Bonchev–Trinajstić information content (AvgIpc) is 1.77. The van der Waals surface area contributed by atoms with Crippen molar-refractivity contribution in [1.82, 2.24) is 4.98 Å². The molecule has 2 nitrogen and oxygen atoms in total. The van der Waals surface area contributed by atoms with E-state index in [1.807, 2.05) is 13.0 Å². The second kappa shape index (κ2) is 4.18. The van der Waals surface area contributed by atoms with Gasteiger partial charge in [0.25, 0.3) is 0 Å². The van der Waals surface area contributed by atoms with Gasteiger partial charge < -0.3 is 5.11 Å². The van der Waals surface area contributed by atoms with Gasteiger partial charge in [-0.05, 0) is 12.5 Å². The van der Waals surface area contributed by atoms with Gasteiger partial charge in [0, 0.05) is 53.6 Å². The Balaban J connectivity index is 0.000000640. The molecule has 0 aliphatic rings. The third kappa shape index (κ3) is 3.12. The summed E-state index contributed by atoms with van der Waals surface area (Å²) in [7, 11) is 0. The van der Waals surface area contributed by atoms with Crippen molar-refractivity contribution >= 4 is 0 Å². The van der Waals surface area contributed by atoms with E-state index >= 15 is 0 Å². The summed E-state index contributed by atoms with van der Waals surface area (Å²) in [6.07, 6.45) is 1.62. The fourth-order valence-corrected chi connectivity index (χ4v) is 0.460. The van der Waals surface area contributed by atoms with Gasteiger partial charge in [0.05, 0.1) is 0 Å². The number of pyridine rings is 1. The number of rotatable bonds is 0. The normalized spacial score (nSPS) is 8.11. The Kier molecular flexibility index (Phi) is 4.33. The third-order valence-corrected chi connectivity index (χ3v) is 0.896. The van der Waals surface area contributed by atoms with Crippen LogP contribution in [0.15, 0.2) is 18.3 Å². The summed E-state index contributed by atoms with van der Waals surface area (Å²) in [5.74, 6) is 0.0793. The Morgan fingerprint density at radius 2 is 2.11 bits per heavy atom. The maximum atomic E-state index is 8.65. The number of hydrogen-bond donors (Lipinski definition) is 1. The first-order valence-electron chi connectivity index (χ1n) is 2.40. The van der Waals surface area contributed by atoms with Crippen molar-refractivity contribution in [3.63, 3.8) is 0 Å². The van der Waals surface area contributed by atoms with E-state index in [-0.39, 0.29) is 47.2 Å². The van der Waals surface area contributed by atoms with Gasteiger partial charge in [0.1, 0.15) is 0 Å². The summed E-state index contributed by atoms with van der Waals surface area (Å²) in [5.41, 5.74) is 1.06. The van der Waals surface area contributed by atoms with Gasteiger partial charge in [-0.15, -0.1) is 0 Å². The van der Waals surface area contributed by atoms with Gasteiger partial charge in [0.2, 0.25) is 5.88 Å². The zero-order chi connectivity index (χ0) is 5.98. The van der Waals surface area contributed by atoms with E-state index in [0.29, 0.717) is 0 Å². The van der Waals surface area contributed by atoms with E-state index in [1.165, 1.54) is 0 Å². The first-order chi connectivity index (χ1) is 3.79. The van der Waals surface area contributed by atoms with Gasteiger partial charge in [-0.2, -0.15) is 0 Å². The van der Waals surface area contributed by atoms with E-state index in [1.54, 1.807) is 12.3 Å². The molecule has 0 unspecified atom stereocenters. The van der Waals surface area contributed by atoms with Crippen LogP contribution in [0, 0.1) is 48.2 Å². The minimum absolute atomic E-state index is 0. The van der Waals surface area contributed by atoms with Gasteiger partial charge in [-0.1, -0.05) is 6.07 Å². The Morgan fingerprint density at radius 1 is 1.44 bits per heavy atom. The minimum Gasteiger partial charge on any atom is -0.493 e. The van der Waals surface area contributed by atoms with Crippen LogP contribution >= 0.6 is 0 Å². The zero-order valence-corrected chi connectivity index (χ0v) is 8.91. The van der Waals surface area contributed by atoms with E-state index in [9.17, 15) is 0 Å². The van der Waals surface area contributed by atoms with Gasteiger partial charge >= 0.3 is 0 Å². The molecule has 0 amide bonds. The summed E-state index contributed by atoms with van der Waals surface area (Å²) in [6, 6.07) is 3.37. The fourth-order valence-electron chi connectivity index (χ4n) is 0.460. The van der Waals surface area contributed by atoms with Crippen molar-refractivity contribution in [2.45, 2.75) is 6.92 Å². The van der Waals surface area contributed by atoms with Crippen LogP contribution < -0.4 is 0 Å². The predicted octanol–water partition coefficient (Wildman–Crippen LogP) is 1.10. The van der Waals surface area contributed by atoms with Crippen LogP contribution in [-0.2, 0) is 0 Å². The number of aromatic hydroxyl groups is 1. The van der Waals surface area contributed by atoms with Crippen LogP contribution in [0.3, 0.4) is 0 Å². The van der Waals surface area contributed by atoms with Crippen LogP contribution in [0.1, 0.15) is 5.56 Å². The molecule has 1 radical (unpaired) electrons. The molecular formula is C6H7NOPr. The number of nitrogens with zero attached hydrogens (tertiary/aromatic N) is 1. The Hall–Kier alpha value is 0.314. The van der Waals surface area contributed by atoms with Crippen LogP contribution in [0.4, 0.5) is 0 Å². The Morgan fingerprint density at radius 3 is 2.44 bits per heavy atom. The molecule has 9 heavy (non-hydrogen) atoms. The van der Waals surface area contributed by atoms with Gasteiger partial charge in [0.15, 0.2) is 0 Å². The molecule has 0 saturated carbocycles. The summed E-state index contributed by atoms with van der Waals surface area (Å²) < 4.78 is 0. The number of aromatic nitrogens is 1. The van der Waals surface area contributed by atoms with Crippen LogP contribution in [0.25, 0.3) is 0 Å². The summed E-state index contributed by atoms with van der Waals surface area (Å²) in [6.45, 7) is 1.92. The summed E-state index contributed by atoms with van der Waals surface area (Å²) >= 11 is 0. The maximum Gasteiger partial charge on any atom is 0.210 e. The Labute approximate surface area is 87.3 Å². The molecule has 0 aromatic carbocycles. The first-order valence-corrected chi connectivity index (χ1v) is 2.40. The molecule has 3 heteroatoms. The van der Waals surface area contributed by atoms with Crippen molar-refractivity contribution < 1.29 is 46.4 Å². The smallest absolute Gasteiger partial charge is 0.210 e. The van der Waals surface area contributed by atoms with Crippen LogP contribution in [0.2, 0.25) is 0 Å². The van der Waals surface area contributed by atoms with E-state index in [0.717, 1.165) is 5.56 Å². The second-order valence-electron chi connectivity index (χ2n) is 1.69. The molecule has 1 rings (SSSR count). The predicted molar refractivity (Wildman–Crippen MR) is 30.6 cm³/mol. The van der Waals surface area contributed by atoms with Crippen LogP contribution in [-0.4, -0.2) is 10.1 Å². The number of hydrogen-bond acceptors (Lipinski definition) is 2.